The topological polar surface area (TPSA) is 70.7 Å². The molecular weight excluding hydrogens is 331 g/mol. The summed E-state index contributed by atoms with van der Waals surface area (Å²) in [6.45, 7) is 4.04. The molecule has 0 aliphatic carbocycles. The lowest BCUT2D eigenvalue weighted by atomic mass is 10.2. The number of nitrogens with one attached hydrogen (secondary N) is 2. The highest BCUT2D eigenvalue weighted by Gasteiger charge is 2.10. The molecule has 0 radical (unpaired) electrons. The second kappa shape index (κ2) is 7.15. The summed E-state index contributed by atoms with van der Waals surface area (Å²) in [7, 11) is 0. The summed E-state index contributed by atoms with van der Waals surface area (Å²) in [5.74, 6) is 1.14. The van der Waals surface area contributed by atoms with Gasteiger partial charge in [-0.3, -0.25) is 9.89 Å². The minimum Gasteiger partial charge on any atom is -0.325 e. The van der Waals surface area contributed by atoms with E-state index in [1.807, 2.05) is 13.8 Å². The van der Waals surface area contributed by atoms with Crippen LogP contribution >= 0.6 is 35.0 Å². The van der Waals surface area contributed by atoms with Crippen LogP contribution in [0.3, 0.4) is 0 Å². The maximum absolute atomic E-state index is 11.8. The van der Waals surface area contributed by atoms with Gasteiger partial charge >= 0.3 is 0 Å². The fourth-order valence-corrected chi connectivity index (χ4v) is 2.39. The average molecular weight is 345 g/mol. The number of rotatable bonds is 5. The first kappa shape index (κ1) is 16.1. The van der Waals surface area contributed by atoms with Crippen molar-refractivity contribution >= 4 is 46.6 Å². The van der Waals surface area contributed by atoms with Gasteiger partial charge in [0.15, 0.2) is 0 Å². The molecule has 0 fully saturated rings. The van der Waals surface area contributed by atoms with Gasteiger partial charge in [-0.05, 0) is 18.2 Å². The van der Waals surface area contributed by atoms with Crippen molar-refractivity contribution in [2.24, 2.45) is 0 Å². The molecule has 1 heterocycles. The lowest BCUT2D eigenvalue weighted by Crippen LogP contribution is -2.14. The van der Waals surface area contributed by atoms with E-state index in [1.54, 1.807) is 18.2 Å². The van der Waals surface area contributed by atoms with Gasteiger partial charge < -0.3 is 5.32 Å². The van der Waals surface area contributed by atoms with Crippen molar-refractivity contribution in [3.05, 3.63) is 34.1 Å². The van der Waals surface area contributed by atoms with Crippen LogP contribution in [0.15, 0.2) is 23.4 Å². The van der Waals surface area contributed by atoms with Crippen LogP contribution < -0.4 is 5.32 Å². The summed E-state index contributed by atoms with van der Waals surface area (Å²) >= 11 is 13.0. The lowest BCUT2D eigenvalue weighted by Gasteiger charge is -2.05. The van der Waals surface area contributed by atoms with Gasteiger partial charge in [-0.1, -0.05) is 48.8 Å². The van der Waals surface area contributed by atoms with Gasteiger partial charge in [-0.25, -0.2) is 4.98 Å². The number of halogens is 2. The number of nitrogens with zero attached hydrogens (tertiary/aromatic N) is 2. The third kappa shape index (κ3) is 4.62. The second-order valence-electron chi connectivity index (χ2n) is 4.62. The maximum Gasteiger partial charge on any atom is 0.234 e. The molecule has 8 heteroatoms. The Morgan fingerprint density at radius 2 is 2.14 bits per heavy atom. The van der Waals surface area contributed by atoms with Crippen LogP contribution in [0, 0.1) is 0 Å². The number of hydrogen-bond acceptors (Lipinski definition) is 4. The molecule has 0 spiro atoms. The zero-order chi connectivity index (χ0) is 15.4. The Morgan fingerprint density at radius 3 is 2.76 bits per heavy atom. The van der Waals surface area contributed by atoms with E-state index in [1.165, 1.54) is 11.8 Å². The number of carbonyl (C=O) groups excluding carboxylic acids is 1. The predicted octanol–water partition coefficient (Wildman–Crippen LogP) is 3.97. The molecule has 0 bridgehead atoms. The molecule has 0 atom stereocenters. The van der Waals surface area contributed by atoms with Gasteiger partial charge in [0, 0.05) is 11.6 Å². The van der Waals surface area contributed by atoms with Crippen molar-refractivity contribution in [1.29, 1.82) is 0 Å². The molecule has 1 aromatic heterocycles. The predicted molar refractivity (Wildman–Crippen MR) is 86.3 cm³/mol. The van der Waals surface area contributed by atoms with E-state index in [-0.39, 0.29) is 17.6 Å². The molecule has 0 aliphatic heterocycles. The van der Waals surface area contributed by atoms with Gasteiger partial charge in [0.05, 0.1) is 15.8 Å². The lowest BCUT2D eigenvalue weighted by molar-refractivity contribution is -0.113. The minimum atomic E-state index is -0.158. The van der Waals surface area contributed by atoms with Gasteiger partial charge in [0.2, 0.25) is 11.1 Å². The third-order valence-electron chi connectivity index (χ3n) is 2.56. The van der Waals surface area contributed by atoms with Crippen LogP contribution in [-0.2, 0) is 4.79 Å². The second-order valence-corrected chi connectivity index (χ2v) is 6.38. The standard InChI is InChI=1S/C13H14Cl2N4OS/c1-7(2)12-17-13(19-18-12)21-6-11(20)16-8-3-4-9(14)10(15)5-8/h3-5,7H,6H2,1-2H3,(H,16,20)(H,17,18,19). The molecule has 1 aromatic carbocycles. The van der Waals surface area contributed by atoms with Gasteiger partial charge in [-0.15, -0.1) is 5.10 Å². The van der Waals surface area contributed by atoms with Gasteiger partial charge in [-0.2, -0.15) is 0 Å². The summed E-state index contributed by atoms with van der Waals surface area (Å²) in [4.78, 5) is 16.1. The quantitative estimate of drug-likeness (QED) is 0.805. The van der Waals surface area contributed by atoms with Gasteiger partial charge in [0.25, 0.3) is 0 Å². The SMILES string of the molecule is CC(C)c1nc(SCC(=O)Nc2ccc(Cl)c(Cl)c2)n[nH]1. The Bertz CT molecular complexity index is 645. The maximum atomic E-state index is 11.8. The molecule has 0 saturated carbocycles. The zero-order valence-corrected chi connectivity index (χ0v) is 13.8. The Balaban J connectivity index is 1.88. The number of amides is 1. The Hall–Kier alpha value is -1.24. The van der Waals surface area contributed by atoms with E-state index in [2.05, 4.69) is 20.5 Å². The normalized spacial score (nSPS) is 10.9. The molecule has 0 aliphatic rings. The van der Waals surface area contributed by atoms with Crippen molar-refractivity contribution in [3.8, 4) is 0 Å². The monoisotopic (exact) mass is 344 g/mol. The highest BCUT2D eigenvalue weighted by molar-refractivity contribution is 7.99. The summed E-state index contributed by atoms with van der Waals surface area (Å²) in [5.41, 5.74) is 0.604. The molecule has 0 unspecified atom stereocenters. The third-order valence-corrected chi connectivity index (χ3v) is 4.15. The van der Waals surface area contributed by atoms with Crippen LogP contribution in [0.4, 0.5) is 5.69 Å². The van der Waals surface area contributed by atoms with Crippen molar-refractivity contribution in [3.63, 3.8) is 0 Å². The van der Waals surface area contributed by atoms with Crippen LogP contribution in [0.1, 0.15) is 25.6 Å². The highest BCUT2D eigenvalue weighted by atomic mass is 35.5. The number of aromatic amines is 1. The van der Waals surface area contributed by atoms with Gasteiger partial charge in [0.1, 0.15) is 5.82 Å². The molecule has 2 rings (SSSR count). The fraction of sp³-hybridized carbons (Fsp3) is 0.308. The molecule has 112 valence electrons. The fourth-order valence-electron chi connectivity index (χ4n) is 1.48. The van der Waals surface area contributed by atoms with E-state index in [0.29, 0.717) is 20.9 Å². The molecule has 1 amide bonds. The number of hydrogen-bond donors (Lipinski definition) is 2. The van der Waals surface area contributed by atoms with Crippen molar-refractivity contribution < 1.29 is 4.79 Å². The summed E-state index contributed by atoms with van der Waals surface area (Å²) in [6.07, 6.45) is 0. The number of thioether (sulfide) groups is 1. The van der Waals surface area contributed by atoms with Crippen LogP contribution in [-0.4, -0.2) is 26.8 Å². The zero-order valence-electron chi connectivity index (χ0n) is 11.5. The Kier molecular flexibility index (Phi) is 5.50. The Labute approximate surface area is 136 Å². The summed E-state index contributed by atoms with van der Waals surface area (Å²) in [5, 5.41) is 11.0. The first-order chi connectivity index (χ1) is 9.95. The van der Waals surface area contributed by atoms with Crippen molar-refractivity contribution in [2.45, 2.75) is 24.9 Å². The molecule has 21 heavy (non-hydrogen) atoms. The molecule has 2 aromatic rings. The first-order valence-corrected chi connectivity index (χ1v) is 8.00. The highest BCUT2D eigenvalue weighted by Crippen LogP contribution is 2.25. The minimum absolute atomic E-state index is 0.158. The van der Waals surface area contributed by atoms with Crippen LogP contribution in [0.5, 0.6) is 0 Å². The number of H-pyrrole nitrogens is 1. The first-order valence-electron chi connectivity index (χ1n) is 6.25. The van der Waals surface area contributed by atoms with E-state index < -0.39 is 0 Å². The van der Waals surface area contributed by atoms with Crippen LogP contribution in [0.2, 0.25) is 10.0 Å². The summed E-state index contributed by atoms with van der Waals surface area (Å²) in [6, 6.07) is 4.94. The van der Waals surface area contributed by atoms with E-state index in [0.717, 1.165) is 5.82 Å². The smallest absolute Gasteiger partial charge is 0.234 e. The molecule has 0 saturated heterocycles. The molecular formula is C13H14Cl2N4OS. The molecule has 2 N–H and O–H groups in total. The average Bonchev–Trinajstić information content (AvgIpc) is 2.90. The van der Waals surface area contributed by atoms with Crippen molar-refractivity contribution in [1.82, 2.24) is 15.2 Å². The number of anilines is 1. The van der Waals surface area contributed by atoms with E-state index in [4.69, 9.17) is 23.2 Å². The summed E-state index contributed by atoms with van der Waals surface area (Å²) < 4.78 is 0. The van der Waals surface area contributed by atoms with Crippen LogP contribution in [0.25, 0.3) is 0 Å². The largest absolute Gasteiger partial charge is 0.325 e. The van der Waals surface area contributed by atoms with E-state index in [9.17, 15) is 4.79 Å². The number of carbonyl (C=O) groups is 1. The van der Waals surface area contributed by atoms with E-state index >= 15 is 0 Å². The molecule has 5 nitrogen and oxygen atoms in total. The van der Waals surface area contributed by atoms with Crippen molar-refractivity contribution in [2.75, 3.05) is 11.1 Å². The number of aromatic nitrogens is 3. The Morgan fingerprint density at radius 1 is 1.38 bits per heavy atom. The number of benzene rings is 1.